The van der Waals surface area contributed by atoms with Crippen LogP contribution in [-0.2, 0) is 0 Å². The number of halogens is 2. The van der Waals surface area contributed by atoms with Crippen molar-refractivity contribution in [2.45, 2.75) is 34.1 Å². The Morgan fingerprint density at radius 3 is 2.50 bits per heavy atom. The van der Waals surface area contributed by atoms with Crippen molar-refractivity contribution >= 4 is 28.7 Å². The fraction of sp³-hybridized carbons (Fsp3) is 0.368. The molecule has 0 saturated carbocycles. The van der Waals surface area contributed by atoms with E-state index in [9.17, 15) is 8.78 Å². The van der Waals surface area contributed by atoms with Crippen molar-refractivity contribution in [3.8, 4) is 11.3 Å². The second-order valence-corrected chi connectivity index (χ2v) is 6.26. The van der Waals surface area contributed by atoms with E-state index in [0.717, 1.165) is 17.1 Å². The Morgan fingerprint density at radius 1 is 1.29 bits per heavy atom. The number of pyridine rings is 1. The van der Waals surface area contributed by atoms with Gasteiger partial charge in [0.15, 0.2) is 11.6 Å². The quantitative estimate of drug-likeness (QED) is 0.648. The summed E-state index contributed by atoms with van der Waals surface area (Å²) in [7, 11) is 1.69. The van der Waals surface area contributed by atoms with E-state index < -0.39 is 5.82 Å². The third-order valence-corrected chi connectivity index (χ3v) is 3.69. The molecule has 0 bridgehead atoms. The number of anilines is 2. The Labute approximate surface area is 162 Å². The van der Waals surface area contributed by atoms with Crippen LogP contribution in [-0.4, -0.2) is 39.0 Å². The monoisotopic (exact) mass is 389 g/mol. The molecule has 0 saturated heterocycles. The molecule has 0 spiro atoms. The zero-order valence-electron chi connectivity index (χ0n) is 16.7. The average molecular weight is 389 g/mol. The van der Waals surface area contributed by atoms with Crippen LogP contribution in [0.3, 0.4) is 0 Å². The van der Waals surface area contributed by atoms with E-state index in [4.69, 9.17) is 5.73 Å². The van der Waals surface area contributed by atoms with E-state index in [0.29, 0.717) is 29.0 Å². The van der Waals surface area contributed by atoms with Crippen molar-refractivity contribution in [3.05, 3.63) is 29.8 Å². The van der Waals surface area contributed by atoms with Crippen LogP contribution >= 0.6 is 0 Å². The number of rotatable bonds is 4. The highest BCUT2D eigenvalue weighted by Gasteiger charge is 2.20. The van der Waals surface area contributed by atoms with Gasteiger partial charge in [0.2, 0.25) is 5.95 Å². The van der Waals surface area contributed by atoms with Crippen molar-refractivity contribution < 1.29 is 8.78 Å². The first-order chi connectivity index (χ1) is 13.3. The molecule has 3 aromatic rings. The van der Waals surface area contributed by atoms with E-state index in [2.05, 4.69) is 25.4 Å². The second-order valence-electron chi connectivity index (χ2n) is 6.26. The number of aromatic nitrogens is 4. The summed E-state index contributed by atoms with van der Waals surface area (Å²) in [5, 5.41) is 6.94. The SMILES string of the molecule is CCCF.CNc1nc(N)nn2cc(F)c(-c3ccc(N=C(C)C)c(C)n3)c12. The van der Waals surface area contributed by atoms with Gasteiger partial charge in [-0.05, 0) is 39.3 Å². The highest BCUT2D eigenvalue weighted by Crippen LogP contribution is 2.33. The molecule has 0 fully saturated rings. The number of alkyl halides is 1. The van der Waals surface area contributed by atoms with Crippen molar-refractivity contribution in [1.82, 2.24) is 19.6 Å². The molecule has 0 radical (unpaired) electrons. The van der Waals surface area contributed by atoms with Gasteiger partial charge in [-0.1, -0.05) is 6.92 Å². The van der Waals surface area contributed by atoms with Crippen LogP contribution in [0, 0.1) is 12.7 Å². The Kier molecular flexibility index (Phi) is 6.97. The molecule has 0 aliphatic heterocycles. The Bertz CT molecular complexity index is 990. The van der Waals surface area contributed by atoms with Gasteiger partial charge in [-0.3, -0.25) is 14.4 Å². The highest BCUT2D eigenvalue weighted by atomic mass is 19.1. The van der Waals surface area contributed by atoms with Crippen LogP contribution in [0.1, 0.15) is 32.9 Å². The van der Waals surface area contributed by atoms with Gasteiger partial charge in [0.1, 0.15) is 5.52 Å². The Balaban J connectivity index is 0.000000640. The number of nitrogens with one attached hydrogen (secondary N) is 1. The van der Waals surface area contributed by atoms with E-state index in [-0.39, 0.29) is 12.6 Å². The third-order valence-electron chi connectivity index (χ3n) is 3.69. The fourth-order valence-electron chi connectivity index (χ4n) is 2.54. The number of aryl methyl sites for hydroxylation is 1. The van der Waals surface area contributed by atoms with Crippen LogP contribution in [0.5, 0.6) is 0 Å². The second kappa shape index (κ2) is 9.20. The van der Waals surface area contributed by atoms with E-state index in [1.807, 2.05) is 26.8 Å². The lowest BCUT2D eigenvalue weighted by molar-refractivity contribution is 0.487. The summed E-state index contributed by atoms with van der Waals surface area (Å²) in [5.41, 5.74) is 9.36. The van der Waals surface area contributed by atoms with Crippen LogP contribution < -0.4 is 11.1 Å². The minimum absolute atomic E-state index is 0.0562. The number of nitrogen functional groups attached to an aromatic ring is 1. The van der Waals surface area contributed by atoms with E-state index in [1.165, 1.54) is 10.7 Å². The molecule has 0 aliphatic rings. The molecule has 0 atom stereocenters. The van der Waals surface area contributed by atoms with Crippen LogP contribution in [0.25, 0.3) is 16.8 Å². The lowest BCUT2D eigenvalue weighted by Crippen LogP contribution is -2.05. The topological polar surface area (TPSA) is 93.5 Å². The Morgan fingerprint density at radius 2 is 1.96 bits per heavy atom. The standard InChI is InChI=1S/C16H18FN7.C3H7F/c1-8(2)20-11-5-6-12(21-9(11)3)13-10(17)7-24-14(13)15(19-4)22-16(18)23-24;1-2-3-4/h5-7H,1-4H3,(H3,18,19,22,23);2-3H2,1H3. The predicted molar refractivity (Wildman–Crippen MR) is 110 cm³/mol. The number of hydrogen-bond acceptors (Lipinski definition) is 6. The Hall–Kier alpha value is -3.10. The smallest absolute Gasteiger partial charge is 0.240 e. The molecular weight excluding hydrogens is 364 g/mol. The zero-order valence-corrected chi connectivity index (χ0v) is 16.7. The molecule has 3 heterocycles. The van der Waals surface area contributed by atoms with Crippen molar-refractivity contribution in [1.29, 1.82) is 0 Å². The summed E-state index contributed by atoms with van der Waals surface area (Å²) < 4.78 is 26.7. The predicted octanol–water partition coefficient (Wildman–Crippen LogP) is 4.34. The lowest BCUT2D eigenvalue weighted by atomic mass is 10.1. The maximum atomic E-state index is 14.6. The van der Waals surface area contributed by atoms with Crippen molar-refractivity contribution in [2.24, 2.45) is 4.99 Å². The van der Waals surface area contributed by atoms with E-state index >= 15 is 0 Å². The third kappa shape index (κ3) is 4.59. The molecule has 3 aromatic heterocycles. The first-order valence-electron chi connectivity index (χ1n) is 8.90. The maximum Gasteiger partial charge on any atom is 0.240 e. The summed E-state index contributed by atoms with van der Waals surface area (Å²) >= 11 is 0. The lowest BCUT2D eigenvalue weighted by Gasteiger charge is -2.08. The van der Waals surface area contributed by atoms with Crippen LogP contribution in [0.2, 0.25) is 0 Å². The van der Waals surface area contributed by atoms with Crippen molar-refractivity contribution in [2.75, 3.05) is 24.8 Å². The molecule has 150 valence electrons. The van der Waals surface area contributed by atoms with Gasteiger partial charge in [0.25, 0.3) is 0 Å². The molecule has 0 amide bonds. The molecule has 0 aliphatic carbocycles. The van der Waals surface area contributed by atoms with Gasteiger partial charge in [-0.15, -0.1) is 5.10 Å². The van der Waals surface area contributed by atoms with Gasteiger partial charge < -0.3 is 11.1 Å². The summed E-state index contributed by atoms with van der Waals surface area (Å²) in [6.45, 7) is 7.29. The first-order valence-corrected chi connectivity index (χ1v) is 8.90. The summed E-state index contributed by atoms with van der Waals surface area (Å²) in [6.07, 6.45) is 1.92. The number of nitrogens with zero attached hydrogens (tertiary/aromatic N) is 5. The van der Waals surface area contributed by atoms with Crippen LogP contribution in [0.4, 0.5) is 26.2 Å². The number of nitrogens with two attached hydrogens (primary N) is 1. The first kappa shape index (κ1) is 21.2. The normalized spacial score (nSPS) is 10.4. The minimum atomic E-state index is -0.443. The molecule has 0 aromatic carbocycles. The molecule has 3 N–H and O–H groups in total. The van der Waals surface area contributed by atoms with Crippen molar-refractivity contribution in [3.63, 3.8) is 0 Å². The van der Waals surface area contributed by atoms with Crippen LogP contribution in [0.15, 0.2) is 23.3 Å². The molecule has 9 heteroatoms. The largest absolute Gasteiger partial charge is 0.371 e. The van der Waals surface area contributed by atoms with Gasteiger partial charge in [0.05, 0.1) is 35.5 Å². The summed E-state index contributed by atoms with van der Waals surface area (Å²) in [4.78, 5) is 13.0. The molecular formula is C19H25F2N7. The molecule has 0 unspecified atom stereocenters. The van der Waals surface area contributed by atoms with Gasteiger partial charge in [0, 0.05) is 12.8 Å². The zero-order chi connectivity index (χ0) is 20.8. The van der Waals surface area contributed by atoms with Gasteiger partial charge >= 0.3 is 0 Å². The average Bonchev–Trinajstić information content (AvgIpc) is 2.98. The maximum absolute atomic E-state index is 14.6. The molecule has 3 rings (SSSR count). The van der Waals surface area contributed by atoms with Gasteiger partial charge in [-0.25, -0.2) is 8.91 Å². The molecule has 28 heavy (non-hydrogen) atoms. The highest BCUT2D eigenvalue weighted by molar-refractivity contribution is 5.88. The number of hydrogen-bond donors (Lipinski definition) is 2. The minimum Gasteiger partial charge on any atom is -0.371 e. The molecule has 7 nitrogen and oxygen atoms in total. The summed E-state index contributed by atoms with van der Waals surface area (Å²) in [6, 6.07) is 3.56. The number of aliphatic imine (C=N–C) groups is 1. The fourth-order valence-corrected chi connectivity index (χ4v) is 2.54. The van der Waals surface area contributed by atoms with Gasteiger partial charge in [-0.2, -0.15) is 4.98 Å². The number of fused-ring (bicyclic) bond motifs is 1. The van der Waals surface area contributed by atoms with E-state index in [1.54, 1.807) is 20.0 Å². The summed E-state index contributed by atoms with van der Waals surface area (Å²) in [5.74, 6) is 0.0502.